The Morgan fingerprint density at radius 1 is 1.18 bits per heavy atom. The van der Waals surface area contributed by atoms with Crippen molar-refractivity contribution in [1.82, 2.24) is 9.80 Å². The quantitative estimate of drug-likeness (QED) is 0.358. The number of hydrogen-bond donors (Lipinski definition) is 0. The number of rotatable bonds is 9. The van der Waals surface area contributed by atoms with Crippen LogP contribution in [0.2, 0.25) is 0 Å². The van der Waals surface area contributed by atoms with E-state index in [1.165, 1.54) is 5.57 Å². The molecule has 0 radical (unpaired) electrons. The summed E-state index contributed by atoms with van der Waals surface area (Å²) in [7, 11) is 0. The summed E-state index contributed by atoms with van der Waals surface area (Å²) in [6.07, 6.45) is 5.59. The summed E-state index contributed by atoms with van der Waals surface area (Å²) >= 11 is 0. The molecule has 192 valence electrons. The van der Waals surface area contributed by atoms with Crippen molar-refractivity contribution in [2.24, 2.45) is 17.8 Å². The second-order valence-electron chi connectivity index (χ2n) is 11.8. The lowest BCUT2D eigenvalue weighted by Gasteiger charge is -2.43. The largest absolute Gasteiger partial charge is 0.446 e. The first-order chi connectivity index (χ1) is 16.2. The number of amides is 1. The highest BCUT2D eigenvalue weighted by molar-refractivity contribution is 5.68. The fourth-order valence-corrected chi connectivity index (χ4v) is 6.47. The molecule has 5 fully saturated rings. The lowest BCUT2D eigenvalue weighted by Crippen LogP contribution is -2.53. The molecule has 0 aromatic carbocycles. The molecule has 1 saturated carbocycles. The molecule has 3 unspecified atom stereocenters. The van der Waals surface area contributed by atoms with Crippen LogP contribution >= 0.6 is 0 Å². The normalized spacial score (nSPS) is 37.9. The van der Waals surface area contributed by atoms with Crippen molar-refractivity contribution in [3.8, 4) is 0 Å². The van der Waals surface area contributed by atoms with Gasteiger partial charge in [0.25, 0.3) is 6.43 Å². The van der Waals surface area contributed by atoms with E-state index in [1.807, 2.05) is 9.80 Å². The van der Waals surface area contributed by atoms with Crippen molar-refractivity contribution in [1.29, 1.82) is 0 Å². The SMILES string of the molecule is CC(C)=CC[C@H]1O[C@]1(C)C1CC(OC(=O)N2CC(CCC3CN(CC(F)F)C3)C2)CCC12CO2. The Morgan fingerprint density at radius 3 is 2.47 bits per heavy atom. The zero-order valence-electron chi connectivity index (χ0n) is 20.8. The third kappa shape index (κ3) is 5.14. The van der Waals surface area contributed by atoms with Crippen LogP contribution in [-0.4, -0.2) is 85.1 Å². The number of carbonyl (C=O) groups excluding carboxylic acids is 1. The van der Waals surface area contributed by atoms with Crippen LogP contribution in [0.4, 0.5) is 13.6 Å². The highest BCUT2D eigenvalue weighted by Gasteiger charge is 2.68. The van der Waals surface area contributed by atoms with E-state index in [0.717, 1.165) is 71.3 Å². The van der Waals surface area contributed by atoms with Gasteiger partial charge in [0.15, 0.2) is 0 Å². The molecule has 4 aliphatic heterocycles. The number of nitrogens with zero attached hydrogens (tertiary/aromatic N) is 2. The van der Waals surface area contributed by atoms with Gasteiger partial charge in [-0.25, -0.2) is 13.6 Å². The number of ether oxygens (including phenoxy) is 3. The van der Waals surface area contributed by atoms with Gasteiger partial charge in [-0.05, 0) is 71.1 Å². The van der Waals surface area contributed by atoms with E-state index in [4.69, 9.17) is 14.2 Å². The van der Waals surface area contributed by atoms with Gasteiger partial charge in [-0.15, -0.1) is 0 Å². The molecular weight excluding hydrogens is 442 g/mol. The standard InChI is InChI=1S/C26H40F2N2O4/c1-17(2)4-7-22-25(3,34-22)21-10-20(8-9-26(21)16-32-26)33-24(31)30-13-19(14-30)6-5-18-11-29(12-18)15-23(27)28/h4,18-23H,5-16H2,1-3H3/t20?,21?,22-,25-,26?/m1/s1. The Hall–Kier alpha value is -1.25. The molecule has 1 amide bonds. The summed E-state index contributed by atoms with van der Waals surface area (Å²) in [6.45, 7) is 10.2. The molecule has 5 aliphatic rings. The van der Waals surface area contributed by atoms with Crippen molar-refractivity contribution >= 4 is 6.09 Å². The monoisotopic (exact) mass is 482 g/mol. The highest BCUT2D eigenvalue weighted by Crippen LogP contribution is 2.59. The first kappa shape index (κ1) is 24.4. The molecule has 5 rings (SSSR count). The zero-order chi connectivity index (χ0) is 24.1. The Balaban J connectivity index is 1.03. The van der Waals surface area contributed by atoms with E-state index in [0.29, 0.717) is 11.8 Å². The molecule has 8 heteroatoms. The molecule has 4 saturated heterocycles. The highest BCUT2D eigenvalue weighted by atomic mass is 19.3. The van der Waals surface area contributed by atoms with Crippen LogP contribution < -0.4 is 0 Å². The number of epoxide rings is 2. The smallest absolute Gasteiger partial charge is 0.410 e. The molecule has 1 spiro atoms. The van der Waals surface area contributed by atoms with Gasteiger partial charge in [-0.2, -0.15) is 0 Å². The van der Waals surface area contributed by atoms with Crippen LogP contribution in [-0.2, 0) is 14.2 Å². The lowest BCUT2D eigenvalue weighted by atomic mass is 9.70. The minimum absolute atomic E-state index is 0.0766. The third-order valence-corrected chi connectivity index (χ3v) is 8.84. The van der Waals surface area contributed by atoms with E-state index in [9.17, 15) is 13.6 Å². The van der Waals surface area contributed by atoms with E-state index >= 15 is 0 Å². The summed E-state index contributed by atoms with van der Waals surface area (Å²) in [5.74, 6) is 1.30. The summed E-state index contributed by atoms with van der Waals surface area (Å²) < 4.78 is 42.9. The molecule has 0 bridgehead atoms. The first-order valence-electron chi connectivity index (χ1n) is 13.1. The van der Waals surface area contributed by atoms with Gasteiger partial charge in [0.05, 0.1) is 30.5 Å². The van der Waals surface area contributed by atoms with Crippen LogP contribution in [0, 0.1) is 17.8 Å². The Kier molecular flexibility index (Phi) is 6.70. The van der Waals surface area contributed by atoms with E-state index in [1.54, 1.807) is 0 Å². The van der Waals surface area contributed by atoms with Crippen molar-refractivity contribution in [2.75, 3.05) is 39.3 Å². The lowest BCUT2D eigenvalue weighted by molar-refractivity contribution is -0.0245. The number of allylic oxidation sites excluding steroid dienone is 1. The minimum Gasteiger partial charge on any atom is -0.446 e. The van der Waals surface area contributed by atoms with Crippen molar-refractivity contribution in [3.05, 3.63) is 11.6 Å². The van der Waals surface area contributed by atoms with Crippen molar-refractivity contribution < 1.29 is 27.8 Å². The fourth-order valence-electron chi connectivity index (χ4n) is 6.47. The summed E-state index contributed by atoms with van der Waals surface area (Å²) in [6, 6.07) is 0. The van der Waals surface area contributed by atoms with Gasteiger partial charge in [0, 0.05) is 32.1 Å². The van der Waals surface area contributed by atoms with Crippen LogP contribution in [0.25, 0.3) is 0 Å². The van der Waals surface area contributed by atoms with E-state index in [2.05, 4.69) is 26.8 Å². The molecule has 34 heavy (non-hydrogen) atoms. The molecule has 5 atom stereocenters. The fraction of sp³-hybridized carbons (Fsp3) is 0.885. The van der Waals surface area contributed by atoms with Crippen LogP contribution in [0.3, 0.4) is 0 Å². The maximum Gasteiger partial charge on any atom is 0.410 e. The molecule has 1 aliphatic carbocycles. The predicted octanol–water partition coefficient (Wildman–Crippen LogP) is 4.48. The molecule has 0 aromatic heterocycles. The van der Waals surface area contributed by atoms with Gasteiger partial charge >= 0.3 is 6.09 Å². The second-order valence-corrected chi connectivity index (χ2v) is 11.8. The molecule has 0 aromatic rings. The second kappa shape index (κ2) is 9.32. The number of hydrogen-bond acceptors (Lipinski definition) is 5. The predicted molar refractivity (Wildman–Crippen MR) is 124 cm³/mol. The Bertz CT molecular complexity index is 788. The molecule has 4 heterocycles. The van der Waals surface area contributed by atoms with Crippen LogP contribution in [0.5, 0.6) is 0 Å². The van der Waals surface area contributed by atoms with Gasteiger partial charge < -0.3 is 19.1 Å². The molecular formula is C26H40F2N2O4. The molecule has 0 N–H and O–H groups in total. The van der Waals surface area contributed by atoms with E-state index < -0.39 is 6.43 Å². The Labute approximate surface area is 201 Å². The average Bonchev–Trinajstić information content (AvgIpc) is 3.62. The summed E-state index contributed by atoms with van der Waals surface area (Å²) in [5.41, 5.74) is 1.04. The number of likely N-dealkylation sites (tertiary alicyclic amines) is 2. The minimum atomic E-state index is -2.24. The zero-order valence-corrected chi connectivity index (χ0v) is 20.8. The summed E-state index contributed by atoms with van der Waals surface area (Å²) in [5, 5.41) is 0. The number of carbonyl (C=O) groups is 1. The van der Waals surface area contributed by atoms with Gasteiger partial charge in [-0.1, -0.05) is 11.6 Å². The van der Waals surface area contributed by atoms with E-state index in [-0.39, 0.29) is 42.0 Å². The maximum atomic E-state index is 12.7. The van der Waals surface area contributed by atoms with Crippen molar-refractivity contribution in [3.63, 3.8) is 0 Å². The third-order valence-electron chi connectivity index (χ3n) is 8.84. The number of alkyl halides is 2. The summed E-state index contributed by atoms with van der Waals surface area (Å²) in [4.78, 5) is 16.4. The Morgan fingerprint density at radius 2 is 1.85 bits per heavy atom. The van der Waals surface area contributed by atoms with Crippen molar-refractivity contribution in [2.45, 2.75) is 89.1 Å². The van der Waals surface area contributed by atoms with Gasteiger partial charge in [0.2, 0.25) is 0 Å². The first-order valence-corrected chi connectivity index (χ1v) is 13.1. The topological polar surface area (TPSA) is 57.8 Å². The number of halogens is 2. The maximum absolute atomic E-state index is 12.7. The van der Waals surface area contributed by atoms with Gasteiger partial charge in [0.1, 0.15) is 6.10 Å². The van der Waals surface area contributed by atoms with Crippen LogP contribution in [0.15, 0.2) is 11.6 Å². The molecule has 6 nitrogen and oxygen atoms in total. The van der Waals surface area contributed by atoms with Crippen LogP contribution in [0.1, 0.15) is 59.3 Å². The average molecular weight is 483 g/mol. The van der Waals surface area contributed by atoms with Gasteiger partial charge in [-0.3, -0.25) is 4.90 Å².